The summed E-state index contributed by atoms with van der Waals surface area (Å²) < 4.78 is 3.55. The summed E-state index contributed by atoms with van der Waals surface area (Å²) in [5.41, 5.74) is 2.77. The van der Waals surface area contributed by atoms with Crippen LogP contribution in [0.1, 0.15) is 10.4 Å². The van der Waals surface area contributed by atoms with Crippen molar-refractivity contribution in [2.24, 2.45) is 0 Å². The highest BCUT2D eigenvalue weighted by Gasteiger charge is 2.08. The first-order valence-corrected chi connectivity index (χ1v) is 6.33. The first-order chi connectivity index (χ1) is 10.3. The SMILES string of the molecule is O=C(Nc1ccc2nncn2c1)c1ccc2nccn2c1. The summed E-state index contributed by atoms with van der Waals surface area (Å²) in [6, 6.07) is 7.13. The van der Waals surface area contributed by atoms with Crippen molar-refractivity contribution >= 4 is 22.9 Å². The highest BCUT2D eigenvalue weighted by Crippen LogP contribution is 2.11. The minimum atomic E-state index is -0.182. The molecule has 0 aliphatic heterocycles. The Labute approximate surface area is 118 Å². The minimum Gasteiger partial charge on any atom is -0.321 e. The van der Waals surface area contributed by atoms with Gasteiger partial charge in [-0.1, -0.05) is 0 Å². The molecule has 4 aromatic rings. The second-order valence-electron chi connectivity index (χ2n) is 4.58. The number of nitrogens with one attached hydrogen (secondary N) is 1. The Morgan fingerprint density at radius 1 is 1.05 bits per heavy atom. The maximum absolute atomic E-state index is 12.3. The molecule has 4 rings (SSSR count). The normalized spacial score (nSPS) is 11.0. The smallest absolute Gasteiger partial charge is 0.257 e. The zero-order valence-corrected chi connectivity index (χ0v) is 10.8. The predicted octanol–water partition coefficient (Wildman–Crippen LogP) is 1.63. The summed E-state index contributed by atoms with van der Waals surface area (Å²) in [6.07, 6.45) is 8.59. The molecule has 0 aromatic carbocycles. The molecule has 7 nitrogen and oxygen atoms in total. The predicted molar refractivity (Wildman–Crippen MR) is 76.1 cm³/mol. The number of imidazole rings is 1. The van der Waals surface area contributed by atoms with Crippen molar-refractivity contribution in [2.75, 3.05) is 5.32 Å². The number of hydrogen-bond donors (Lipinski definition) is 1. The average Bonchev–Trinajstić information content (AvgIpc) is 3.14. The molecule has 4 heterocycles. The summed E-state index contributed by atoms with van der Waals surface area (Å²) in [5, 5.41) is 10.6. The Morgan fingerprint density at radius 2 is 1.95 bits per heavy atom. The summed E-state index contributed by atoms with van der Waals surface area (Å²) in [4.78, 5) is 16.4. The highest BCUT2D eigenvalue weighted by molar-refractivity contribution is 6.04. The van der Waals surface area contributed by atoms with Crippen molar-refractivity contribution in [3.63, 3.8) is 0 Å². The lowest BCUT2D eigenvalue weighted by atomic mass is 10.2. The molecule has 21 heavy (non-hydrogen) atoms. The van der Waals surface area contributed by atoms with E-state index in [0.29, 0.717) is 11.3 Å². The highest BCUT2D eigenvalue weighted by atomic mass is 16.1. The summed E-state index contributed by atoms with van der Waals surface area (Å²) >= 11 is 0. The van der Waals surface area contributed by atoms with Gasteiger partial charge in [0.15, 0.2) is 5.65 Å². The van der Waals surface area contributed by atoms with Crippen LogP contribution in [0.15, 0.2) is 55.4 Å². The largest absolute Gasteiger partial charge is 0.321 e. The van der Waals surface area contributed by atoms with Gasteiger partial charge in [-0.15, -0.1) is 10.2 Å². The minimum absolute atomic E-state index is 0.182. The third-order valence-corrected chi connectivity index (χ3v) is 3.20. The van der Waals surface area contributed by atoms with Gasteiger partial charge >= 0.3 is 0 Å². The third-order valence-electron chi connectivity index (χ3n) is 3.20. The number of anilines is 1. The van der Waals surface area contributed by atoms with Crippen molar-refractivity contribution in [2.45, 2.75) is 0 Å². The van der Waals surface area contributed by atoms with Gasteiger partial charge < -0.3 is 9.72 Å². The molecule has 0 bridgehead atoms. The Balaban J connectivity index is 1.64. The van der Waals surface area contributed by atoms with Gasteiger partial charge in [-0.05, 0) is 24.3 Å². The Bertz CT molecular complexity index is 954. The Morgan fingerprint density at radius 3 is 2.90 bits per heavy atom. The number of carbonyl (C=O) groups is 1. The maximum Gasteiger partial charge on any atom is 0.257 e. The van der Waals surface area contributed by atoms with Crippen LogP contribution in [0.5, 0.6) is 0 Å². The van der Waals surface area contributed by atoms with E-state index < -0.39 is 0 Å². The van der Waals surface area contributed by atoms with Gasteiger partial charge in [0.05, 0.1) is 11.3 Å². The van der Waals surface area contributed by atoms with Gasteiger partial charge in [-0.2, -0.15) is 0 Å². The number of nitrogens with zero attached hydrogens (tertiary/aromatic N) is 5. The lowest BCUT2D eigenvalue weighted by Crippen LogP contribution is -2.12. The molecule has 0 aliphatic rings. The molecule has 0 fully saturated rings. The summed E-state index contributed by atoms with van der Waals surface area (Å²) in [5.74, 6) is -0.182. The van der Waals surface area contributed by atoms with Crippen LogP contribution < -0.4 is 5.32 Å². The van der Waals surface area contributed by atoms with E-state index >= 15 is 0 Å². The summed E-state index contributed by atoms with van der Waals surface area (Å²) in [6.45, 7) is 0. The van der Waals surface area contributed by atoms with Crippen molar-refractivity contribution < 1.29 is 4.79 Å². The number of hydrogen-bond acceptors (Lipinski definition) is 4. The number of carbonyl (C=O) groups excluding carboxylic acids is 1. The second kappa shape index (κ2) is 4.41. The van der Waals surface area contributed by atoms with Crippen molar-refractivity contribution in [1.29, 1.82) is 0 Å². The monoisotopic (exact) mass is 278 g/mol. The molecule has 7 heteroatoms. The van der Waals surface area contributed by atoms with E-state index in [9.17, 15) is 4.79 Å². The molecule has 0 unspecified atom stereocenters. The number of pyridine rings is 2. The van der Waals surface area contributed by atoms with E-state index in [-0.39, 0.29) is 5.91 Å². The zero-order valence-electron chi connectivity index (χ0n) is 10.8. The molecule has 0 saturated carbocycles. The van der Waals surface area contributed by atoms with Crippen LogP contribution in [0.4, 0.5) is 5.69 Å². The molecule has 1 N–H and O–H groups in total. The summed E-state index contributed by atoms with van der Waals surface area (Å²) in [7, 11) is 0. The van der Waals surface area contributed by atoms with Gasteiger partial charge in [-0.3, -0.25) is 9.20 Å². The molecule has 0 aliphatic carbocycles. The number of amides is 1. The van der Waals surface area contributed by atoms with Crippen LogP contribution in [-0.2, 0) is 0 Å². The standard InChI is InChI=1S/C14H10N6O/c21-14(10-1-3-12-15-5-6-19(12)7-10)17-11-2-4-13-18-16-9-20(13)8-11/h1-9H,(H,17,21). The van der Waals surface area contributed by atoms with E-state index in [1.54, 1.807) is 64.2 Å². The molecule has 0 atom stereocenters. The lowest BCUT2D eigenvalue weighted by Gasteiger charge is -2.06. The quantitative estimate of drug-likeness (QED) is 0.604. The van der Waals surface area contributed by atoms with E-state index in [0.717, 1.165) is 11.3 Å². The van der Waals surface area contributed by atoms with Crippen LogP contribution in [0, 0.1) is 0 Å². The zero-order chi connectivity index (χ0) is 14.2. The molecule has 0 radical (unpaired) electrons. The van der Waals surface area contributed by atoms with Crippen LogP contribution in [0.3, 0.4) is 0 Å². The number of rotatable bonds is 2. The molecule has 0 saturated heterocycles. The fourth-order valence-electron chi connectivity index (χ4n) is 2.16. The molecule has 0 spiro atoms. The average molecular weight is 278 g/mol. The maximum atomic E-state index is 12.3. The molecule has 4 aromatic heterocycles. The molecular formula is C14H10N6O. The van der Waals surface area contributed by atoms with Gasteiger partial charge in [0.2, 0.25) is 0 Å². The van der Waals surface area contributed by atoms with Crippen LogP contribution in [-0.4, -0.2) is 29.9 Å². The topological polar surface area (TPSA) is 76.6 Å². The molecular weight excluding hydrogens is 268 g/mol. The van der Waals surface area contributed by atoms with E-state index in [1.807, 2.05) is 0 Å². The molecule has 102 valence electrons. The van der Waals surface area contributed by atoms with Crippen LogP contribution in [0.2, 0.25) is 0 Å². The number of fused-ring (bicyclic) bond motifs is 2. The second-order valence-corrected chi connectivity index (χ2v) is 4.58. The fourth-order valence-corrected chi connectivity index (χ4v) is 2.16. The van der Waals surface area contributed by atoms with E-state index in [1.165, 1.54) is 0 Å². The van der Waals surface area contributed by atoms with Gasteiger partial charge in [0.1, 0.15) is 12.0 Å². The Hall–Kier alpha value is -3.22. The van der Waals surface area contributed by atoms with Gasteiger partial charge in [-0.25, -0.2) is 4.98 Å². The molecule has 1 amide bonds. The van der Waals surface area contributed by atoms with Gasteiger partial charge in [0, 0.05) is 24.8 Å². The van der Waals surface area contributed by atoms with Crippen molar-refractivity contribution in [1.82, 2.24) is 24.0 Å². The van der Waals surface area contributed by atoms with Gasteiger partial charge in [0.25, 0.3) is 5.91 Å². The Kier molecular flexibility index (Phi) is 2.43. The van der Waals surface area contributed by atoms with Crippen LogP contribution >= 0.6 is 0 Å². The van der Waals surface area contributed by atoms with E-state index in [4.69, 9.17) is 0 Å². The fraction of sp³-hybridized carbons (Fsp3) is 0. The van der Waals surface area contributed by atoms with Crippen molar-refractivity contribution in [3.8, 4) is 0 Å². The third kappa shape index (κ3) is 2.00. The first-order valence-electron chi connectivity index (χ1n) is 6.33. The first kappa shape index (κ1) is 11.6. The van der Waals surface area contributed by atoms with Crippen molar-refractivity contribution in [3.05, 3.63) is 60.9 Å². The van der Waals surface area contributed by atoms with Crippen LogP contribution in [0.25, 0.3) is 11.3 Å². The lowest BCUT2D eigenvalue weighted by molar-refractivity contribution is 0.102. The number of aromatic nitrogens is 5. The van der Waals surface area contributed by atoms with E-state index in [2.05, 4.69) is 20.5 Å².